The highest BCUT2D eigenvalue weighted by atomic mass is 16.3. The van der Waals surface area contributed by atoms with Crippen LogP contribution in [-0.4, -0.2) is 18.5 Å². The molecule has 1 atom stereocenters. The van der Waals surface area contributed by atoms with E-state index in [2.05, 4.69) is 10.6 Å². The Morgan fingerprint density at radius 3 is 3.21 bits per heavy atom. The van der Waals surface area contributed by atoms with Crippen LogP contribution in [-0.2, 0) is 11.3 Å². The molecular weight excluding hydrogens is 180 g/mol. The first-order valence-corrected chi connectivity index (χ1v) is 4.86. The number of furan rings is 1. The van der Waals surface area contributed by atoms with Crippen molar-refractivity contribution in [2.45, 2.75) is 25.4 Å². The zero-order chi connectivity index (χ0) is 9.80. The van der Waals surface area contributed by atoms with Gasteiger partial charge in [-0.25, -0.2) is 0 Å². The fourth-order valence-corrected chi connectivity index (χ4v) is 1.56. The van der Waals surface area contributed by atoms with Crippen LogP contribution in [0.5, 0.6) is 0 Å². The predicted octanol–water partition coefficient (Wildman–Crippen LogP) is 0.648. The van der Waals surface area contributed by atoms with E-state index in [-0.39, 0.29) is 5.91 Å². The molecule has 0 radical (unpaired) electrons. The van der Waals surface area contributed by atoms with Gasteiger partial charge in [-0.1, -0.05) is 0 Å². The summed E-state index contributed by atoms with van der Waals surface area (Å²) in [7, 11) is 0. The maximum atomic E-state index is 10.9. The number of rotatable bonds is 3. The summed E-state index contributed by atoms with van der Waals surface area (Å²) in [6.07, 6.45) is 4.95. The van der Waals surface area contributed by atoms with Gasteiger partial charge in [-0.05, 0) is 12.5 Å². The summed E-state index contributed by atoms with van der Waals surface area (Å²) >= 11 is 0. The van der Waals surface area contributed by atoms with Crippen LogP contribution in [0.4, 0.5) is 0 Å². The molecule has 1 amide bonds. The number of nitrogens with one attached hydrogen (secondary N) is 2. The summed E-state index contributed by atoms with van der Waals surface area (Å²) in [6, 6.07) is 2.33. The molecule has 0 bridgehead atoms. The fourth-order valence-electron chi connectivity index (χ4n) is 1.56. The number of hydrogen-bond donors (Lipinski definition) is 2. The van der Waals surface area contributed by atoms with Crippen molar-refractivity contribution in [1.29, 1.82) is 0 Å². The van der Waals surface area contributed by atoms with Crippen LogP contribution in [0.1, 0.15) is 18.4 Å². The van der Waals surface area contributed by atoms with E-state index >= 15 is 0 Å². The van der Waals surface area contributed by atoms with Crippen LogP contribution in [0.2, 0.25) is 0 Å². The molecule has 1 aliphatic rings. The molecular formula is C10H14N2O2. The van der Waals surface area contributed by atoms with Crippen molar-refractivity contribution >= 4 is 5.91 Å². The molecule has 1 aromatic rings. The van der Waals surface area contributed by atoms with Crippen LogP contribution < -0.4 is 10.6 Å². The fraction of sp³-hybridized carbons (Fsp3) is 0.500. The summed E-state index contributed by atoms with van der Waals surface area (Å²) in [4.78, 5) is 10.9. The molecule has 4 heteroatoms. The maximum Gasteiger partial charge on any atom is 0.220 e. The topological polar surface area (TPSA) is 54.3 Å². The van der Waals surface area contributed by atoms with Crippen LogP contribution in [0, 0.1) is 0 Å². The molecule has 2 N–H and O–H groups in total. The van der Waals surface area contributed by atoms with E-state index in [1.807, 2.05) is 6.07 Å². The maximum absolute atomic E-state index is 10.9. The Bertz CT molecular complexity index is 285. The Morgan fingerprint density at radius 2 is 2.57 bits per heavy atom. The van der Waals surface area contributed by atoms with E-state index in [9.17, 15) is 4.79 Å². The second-order valence-electron chi connectivity index (χ2n) is 3.55. The minimum absolute atomic E-state index is 0.159. The third-order valence-electron chi connectivity index (χ3n) is 2.44. The zero-order valence-corrected chi connectivity index (χ0v) is 7.95. The van der Waals surface area contributed by atoms with Crippen molar-refractivity contribution in [3.05, 3.63) is 24.2 Å². The van der Waals surface area contributed by atoms with E-state index in [1.54, 1.807) is 12.5 Å². The molecule has 2 heterocycles. The lowest BCUT2D eigenvalue weighted by atomic mass is 10.1. The lowest BCUT2D eigenvalue weighted by Gasteiger charge is -2.23. The summed E-state index contributed by atoms with van der Waals surface area (Å²) in [5, 5.41) is 6.21. The van der Waals surface area contributed by atoms with Gasteiger partial charge in [0.1, 0.15) is 0 Å². The standard InChI is InChI=1S/C10H14N2O2/c13-10-2-1-9(6-12-10)11-5-8-3-4-14-7-8/h3-4,7,9,11H,1-2,5-6H2,(H,12,13). The first-order chi connectivity index (χ1) is 6.84. The van der Waals surface area contributed by atoms with E-state index < -0.39 is 0 Å². The number of amides is 1. The summed E-state index contributed by atoms with van der Waals surface area (Å²) in [5.74, 6) is 0.159. The average molecular weight is 194 g/mol. The Hall–Kier alpha value is -1.29. The molecule has 0 saturated carbocycles. The monoisotopic (exact) mass is 194 g/mol. The van der Waals surface area contributed by atoms with Crippen molar-refractivity contribution in [2.75, 3.05) is 6.54 Å². The molecule has 0 aliphatic carbocycles. The van der Waals surface area contributed by atoms with Gasteiger partial charge < -0.3 is 15.1 Å². The van der Waals surface area contributed by atoms with Gasteiger partial charge in [-0.2, -0.15) is 0 Å². The normalized spacial score (nSPS) is 22.0. The Balaban J connectivity index is 1.73. The van der Waals surface area contributed by atoms with Crippen molar-refractivity contribution in [2.24, 2.45) is 0 Å². The van der Waals surface area contributed by atoms with Gasteiger partial charge in [-0.15, -0.1) is 0 Å². The first-order valence-electron chi connectivity index (χ1n) is 4.86. The minimum Gasteiger partial charge on any atom is -0.472 e. The van der Waals surface area contributed by atoms with Crippen molar-refractivity contribution in [3.63, 3.8) is 0 Å². The van der Waals surface area contributed by atoms with Gasteiger partial charge in [0, 0.05) is 31.1 Å². The molecule has 1 aromatic heterocycles. The number of carbonyl (C=O) groups is 1. The van der Waals surface area contributed by atoms with Gasteiger partial charge in [0.15, 0.2) is 0 Å². The minimum atomic E-state index is 0.159. The highest BCUT2D eigenvalue weighted by Crippen LogP contribution is 2.05. The Kier molecular flexibility index (Phi) is 2.84. The van der Waals surface area contributed by atoms with E-state index in [4.69, 9.17) is 4.42 Å². The van der Waals surface area contributed by atoms with Crippen LogP contribution in [0.25, 0.3) is 0 Å². The Morgan fingerprint density at radius 1 is 1.64 bits per heavy atom. The van der Waals surface area contributed by atoms with Crippen LogP contribution in [0.15, 0.2) is 23.0 Å². The van der Waals surface area contributed by atoms with Gasteiger partial charge in [-0.3, -0.25) is 4.79 Å². The van der Waals surface area contributed by atoms with E-state index in [0.717, 1.165) is 25.1 Å². The first kappa shape index (κ1) is 9.27. The lowest BCUT2D eigenvalue weighted by Crippen LogP contribution is -2.45. The molecule has 0 spiro atoms. The second-order valence-corrected chi connectivity index (χ2v) is 3.55. The quantitative estimate of drug-likeness (QED) is 0.742. The lowest BCUT2D eigenvalue weighted by molar-refractivity contribution is -0.122. The highest BCUT2D eigenvalue weighted by molar-refractivity contribution is 5.76. The Labute approximate surface area is 82.7 Å². The third kappa shape index (κ3) is 2.35. The molecule has 14 heavy (non-hydrogen) atoms. The number of piperidine rings is 1. The predicted molar refractivity (Wildman–Crippen MR) is 51.6 cm³/mol. The molecule has 1 fully saturated rings. The van der Waals surface area contributed by atoms with Gasteiger partial charge in [0.2, 0.25) is 5.91 Å². The van der Waals surface area contributed by atoms with Gasteiger partial charge in [0.25, 0.3) is 0 Å². The van der Waals surface area contributed by atoms with E-state index in [1.165, 1.54) is 0 Å². The summed E-state index contributed by atoms with van der Waals surface area (Å²) in [6.45, 7) is 1.54. The molecule has 1 aliphatic heterocycles. The third-order valence-corrected chi connectivity index (χ3v) is 2.44. The van der Waals surface area contributed by atoms with Crippen molar-refractivity contribution in [3.8, 4) is 0 Å². The molecule has 1 saturated heterocycles. The van der Waals surface area contributed by atoms with Gasteiger partial charge in [0.05, 0.1) is 12.5 Å². The summed E-state index contributed by atoms with van der Waals surface area (Å²) < 4.78 is 4.96. The molecule has 1 unspecified atom stereocenters. The summed E-state index contributed by atoms with van der Waals surface area (Å²) in [5.41, 5.74) is 1.14. The smallest absolute Gasteiger partial charge is 0.220 e. The molecule has 0 aromatic carbocycles. The van der Waals surface area contributed by atoms with Gasteiger partial charge >= 0.3 is 0 Å². The van der Waals surface area contributed by atoms with Crippen LogP contribution in [0.3, 0.4) is 0 Å². The molecule has 76 valence electrons. The number of carbonyl (C=O) groups excluding carboxylic acids is 1. The molecule has 4 nitrogen and oxygen atoms in total. The zero-order valence-electron chi connectivity index (χ0n) is 7.95. The number of hydrogen-bond acceptors (Lipinski definition) is 3. The van der Waals surface area contributed by atoms with Crippen molar-refractivity contribution < 1.29 is 9.21 Å². The largest absolute Gasteiger partial charge is 0.472 e. The average Bonchev–Trinajstić information content (AvgIpc) is 2.70. The second kappa shape index (κ2) is 4.28. The molecule has 2 rings (SSSR count). The van der Waals surface area contributed by atoms with Crippen LogP contribution >= 0.6 is 0 Å². The SMILES string of the molecule is O=C1CCC(NCc2ccoc2)CN1. The van der Waals surface area contributed by atoms with Crippen molar-refractivity contribution in [1.82, 2.24) is 10.6 Å². The highest BCUT2D eigenvalue weighted by Gasteiger charge is 2.16. The van der Waals surface area contributed by atoms with E-state index in [0.29, 0.717) is 12.5 Å².